The molecule has 0 heteroatoms. The van der Waals surface area contributed by atoms with Crippen molar-refractivity contribution in [1.29, 1.82) is 0 Å². The van der Waals surface area contributed by atoms with E-state index in [1.54, 1.807) is 0 Å². The van der Waals surface area contributed by atoms with Gasteiger partial charge in [-0.25, -0.2) is 0 Å². The fourth-order valence-electron chi connectivity index (χ4n) is 3.45. The van der Waals surface area contributed by atoms with Gasteiger partial charge in [-0.15, -0.1) is 0 Å². The van der Waals surface area contributed by atoms with Crippen molar-refractivity contribution in [2.75, 3.05) is 0 Å². The second-order valence-corrected chi connectivity index (χ2v) is 4.19. The Bertz CT molecular complexity index is 134. The highest BCUT2D eigenvalue weighted by atomic mass is 14.5. The van der Waals surface area contributed by atoms with E-state index in [4.69, 9.17) is 0 Å². The summed E-state index contributed by atoms with van der Waals surface area (Å²) < 4.78 is 0. The normalized spacial score (nSPS) is 57.6. The maximum absolute atomic E-state index is 2.60. The van der Waals surface area contributed by atoms with E-state index in [1.165, 1.54) is 25.7 Å². The van der Waals surface area contributed by atoms with Crippen LogP contribution in [0.1, 0.15) is 25.7 Å². The van der Waals surface area contributed by atoms with Crippen molar-refractivity contribution in [3.05, 3.63) is 12.8 Å². The summed E-state index contributed by atoms with van der Waals surface area (Å²) in [5.41, 5.74) is 0. The van der Waals surface area contributed by atoms with Gasteiger partial charge < -0.3 is 0 Å². The van der Waals surface area contributed by atoms with Crippen LogP contribution in [0.2, 0.25) is 0 Å². The molecule has 0 aromatic rings. The van der Waals surface area contributed by atoms with Gasteiger partial charge in [0, 0.05) is 0 Å². The van der Waals surface area contributed by atoms with Crippen LogP contribution < -0.4 is 0 Å². The van der Waals surface area contributed by atoms with Crippen LogP contribution in [0.15, 0.2) is 0 Å². The molecule has 0 amide bonds. The zero-order valence-electron chi connectivity index (χ0n) is 6.29. The molecular formula is C10H14. The van der Waals surface area contributed by atoms with Crippen molar-refractivity contribution in [2.45, 2.75) is 25.7 Å². The van der Waals surface area contributed by atoms with Crippen molar-refractivity contribution in [1.82, 2.24) is 0 Å². The maximum Gasteiger partial charge on any atom is -0.0323 e. The van der Waals surface area contributed by atoms with Crippen LogP contribution in [0.5, 0.6) is 0 Å². The highest BCUT2D eigenvalue weighted by Crippen LogP contribution is 2.57. The minimum atomic E-state index is 1.04. The van der Waals surface area contributed by atoms with E-state index in [2.05, 4.69) is 12.8 Å². The third-order valence-corrected chi connectivity index (χ3v) is 3.84. The zero-order chi connectivity index (χ0) is 6.55. The summed E-state index contributed by atoms with van der Waals surface area (Å²) in [6, 6.07) is 0. The molecule has 0 nitrogen and oxygen atoms in total. The molecule has 0 saturated heterocycles. The predicted molar refractivity (Wildman–Crippen MR) is 41.0 cm³/mol. The molecule has 3 aliphatic rings. The topological polar surface area (TPSA) is 0 Å². The minimum Gasteiger partial charge on any atom is -0.0496 e. The zero-order valence-corrected chi connectivity index (χ0v) is 6.29. The average molecular weight is 134 g/mol. The first-order valence-corrected chi connectivity index (χ1v) is 4.62. The van der Waals surface area contributed by atoms with Crippen LogP contribution >= 0.6 is 0 Å². The molecule has 0 spiro atoms. The molecule has 4 unspecified atom stereocenters. The fraction of sp³-hybridized carbons (Fsp3) is 0.800. The Morgan fingerprint density at radius 2 is 2.20 bits per heavy atom. The lowest BCUT2D eigenvalue weighted by Gasteiger charge is -2.23. The van der Waals surface area contributed by atoms with E-state index < -0.39 is 0 Å². The van der Waals surface area contributed by atoms with Crippen LogP contribution in [0, 0.1) is 36.5 Å². The number of rotatable bonds is 0. The summed E-state index contributed by atoms with van der Waals surface area (Å²) in [7, 11) is 0. The maximum atomic E-state index is 2.60. The third kappa shape index (κ3) is 0.538. The summed E-state index contributed by atoms with van der Waals surface area (Å²) in [6.07, 6.45) is 11.1. The quantitative estimate of drug-likeness (QED) is 0.477. The van der Waals surface area contributed by atoms with Crippen LogP contribution in [-0.4, -0.2) is 0 Å². The van der Waals surface area contributed by atoms with Crippen molar-refractivity contribution in [3.8, 4) is 0 Å². The first-order chi connectivity index (χ1) is 4.95. The summed E-state index contributed by atoms with van der Waals surface area (Å²) in [5, 5.41) is 0. The highest BCUT2D eigenvalue weighted by molar-refractivity contribution is 5.11. The summed E-state index contributed by atoms with van der Waals surface area (Å²) in [6.45, 7) is 0. The van der Waals surface area contributed by atoms with Crippen LogP contribution in [-0.2, 0) is 0 Å². The SMILES string of the molecule is [CH]1CC2CC1C1CC[CH]C21. The summed E-state index contributed by atoms with van der Waals surface area (Å²) >= 11 is 0. The highest BCUT2D eigenvalue weighted by Gasteiger charge is 2.49. The molecule has 0 heterocycles. The molecule has 3 fully saturated rings. The minimum absolute atomic E-state index is 1.04. The smallest absolute Gasteiger partial charge is 0.0323 e. The number of fused-ring (bicyclic) bond motifs is 5. The number of hydrogen-bond donors (Lipinski definition) is 0. The molecule has 2 bridgehead atoms. The lowest BCUT2D eigenvalue weighted by atomic mass is 9.82. The average Bonchev–Trinajstić information content (AvgIpc) is 2.60. The molecule has 0 N–H and O–H groups in total. The van der Waals surface area contributed by atoms with Crippen molar-refractivity contribution in [3.63, 3.8) is 0 Å². The molecule has 0 aromatic carbocycles. The Balaban J connectivity index is 1.92. The molecule has 3 saturated carbocycles. The molecule has 0 aliphatic heterocycles. The van der Waals surface area contributed by atoms with Gasteiger partial charge in [-0.1, -0.05) is 0 Å². The van der Waals surface area contributed by atoms with Crippen molar-refractivity contribution < 1.29 is 0 Å². The van der Waals surface area contributed by atoms with Gasteiger partial charge in [0.1, 0.15) is 0 Å². The van der Waals surface area contributed by atoms with Gasteiger partial charge in [0.25, 0.3) is 0 Å². The molecule has 4 atom stereocenters. The van der Waals surface area contributed by atoms with Crippen molar-refractivity contribution >= 4 is 0 Å². The molecule has 10 heavy (non-hydrogen) atoms. The second kappa shape index (κ2) is 1.78. The van der Waals surface area contributed by atoms with E-state index in [-0.39, 0.29) is 0 Å². The molecule has 54 valence electrons. The van der Waals surface area contributed by atoms with Crippen LogP contribution in [0.3, 0.4) is 0 Å². The van der Waals surface area contributed by atoms with Gasteiger partial charge in [-0.05, 0) is 62.2 Å². The lowest BCUT2D eigenvalue weighted by Crippen LogP contribution is -2.16. The van der Waals surface area contributed by atoms with Gasteiger partial charge in [0.05, 0.1) is 0 Å². The fourth-order valence-corrected chi connectivity index (χ4v) is 3.45. The first kappa shape index (κ1) is 5.62. The Morgan fingerprint density at radius 1 is 1.20 bits per heavy atom. The van der Waals surface area contributed by atoms with Gasteiger partial charge in [-0.3, -0.25) is 0 Å². The van der Waals surface area contributed by atoms with Gasteiger partial charge >= 0.3 is 0 Å². The van der Waals surface area contributed by atoms with Crippen LogP contribution in [0.25, 0.3) is 0 Å². The third-order valence-electron chi connectivity index (χ3n) is 3.84. The first-order valence-electron chi connectivity index (χ1n) is 4.62. The molecule has 0 aromatic heterocycles. The van der Waals surface area contributed by atoms with E-state index in [9.17, 15) is 0 Å². The summed E-state index contributed by atoms with van der Waals surface area (Å²) in [4.78, 5) is 0. The second-order valence-electron chi connectivity index (χ2n) is 4.19. The van der Waals surface area contributed by atoms with E-state index in [1.807, 2.05) is 0 Å². The Kier molecular flexibility index (Phi) is 1.00. The standard InChI is InChI=1S/C10H14/c1-2-9-7-4-5-8(6-7)10(9)3-1/h2,5,7-10H,1,3-4,6H2. The van der Waals surface area contributed by atoms with E-state index in [0.29, 0.717) is 0 Å². The largest absolute Gasteiger partial charge is 0.0496 e. The van der Waals surface area contributed by atoms with Gasteiger partial charge in [-0.2, -0.15) is 0 Å². The Morgan fingerprint density at radius 3 is 3.10 bits per heavy atom. The summed E-state index contributed by atoms with van der Waals surface area (Å²) in [5.74, 6) is 4.26. The van der Waals surface area contributed by atoms with E-state index in [0.717, 1.165) is 23.7 Å². The van der Waals surface area contributed by atoms with Gasteiger partial charge in [0.2, 0.25) is 0 Å². The molecule has 2 radical (unpaired) electrons. The van der Waals surface area contributed by atoms with Crippen molar-refractivity contribution in [2.24, 2.45) is 23.7 Å². The van der Waals surface area contributed by atoms with Crippen LogP contribution in [0.4, 0.5) is 0 Å². The lowest BCUT2D eigenvalue weighted by molar-refractivity contribution is 0.330. The number of hydrogen-bond acceptors (Lipinski definition) is 0. The van der Waals surface area contributed by atoms with Gasteiger partial charge in [0.15, 0.2) is 0 Å². The Labute approximate surface area is 63.0 Å². The molecule has 3 rings (SSSR count). The molecular weight excluding hydrogens is 120 g/mol. The monoisotopic (exact) mass is 134 g/mol. The predicted octanol–water partition coefficient (Wildman–Crippen LogP) is 2.46. The Hall–Kier alpha value is 0. The molecule has 3 aliphatic carbocycles. The van der Waals surface area contributed by atoms with E-state index >= 15 is 0 Å².